The van der Waals surface area contributed by atoms with Gasteiger partial charge in [0, 0.05) is 35.3 Å². The van der Waals surface area contributed by atoms with Crippen LogP contribution in [0, 0.1) is 42.9 Å². The smallest absolute Gasteiger partial charge is 0.242 e. The highest BCUT2D eigenvalue weighted by atomic mass is 35.5. The highest BCUT2D eigenvalue weighted by molar-refractivity contribution is 7.22. The maximum Gasteiger partial charge on any atom is 0.242 e. The van der Waals surface area contributed by atoms with E-state index in [-0.39, 0.29) is 41.7 Å². The molecule has 0 bridgehead atoms. The van der Waals surface area contributed by atoms with Crippen LogP contribution in [0.1, 0.15) is 55.7 Å². The van der Waals surface area contributed by atoms with Gasteiger partial charge >= 0.3 is 0 Å². The number of fused-ring (bicyclic) bond motifs is 5. The standard InChI is InChI=1S/C38H37ClN4O5S/c1-6-13-42-34(45)23-10-9-22-25(31(23)36(42)47)16-26-35(46)43(37(48)38(26,4)32(22)20-7-11-28(44)18(2)14-20)30-17-27(40-41(30)5)33-19(3)24-15-21(39)8-12-29(24)49-33/h7-9,11-12,14-15,17,23,25-26,31-32,44H,6,10,13,16H2,1-5H3. The summed E-state index contributed by atoms with van der Waals surface area (Å²) in [6.07, 6.45) is 3.42. The number of hydrogen-bond donors (Lipinski definition) is 1. The van der Waals surface area contributed by atoms with Crippen molar-refractivity contribution in [2.24, 2.45) is 36.1 Å². The minimum Gasteiger partial charge on any atom is -0.508 e. The molecule has 4 aliphatic rings. The highest BCUT2D eigenvalue weighted by Gasteiger charge is 2.67. The first-order valence-corrected chi connectivity index (χ1v) is 18.0. The van der Waals surface area contributed by atoms with Gasteiger partial charge in [0.25, 0.3) is 0 Å². The van der Waals surface area contributed by atoms with Gasteiger partial charge in [-0.25, -0.2) is 4.90 Å². The molecule has 1 saturated carbocycles. The monoisotopic (exact) mass is 696 g/mol. The van der Waals surface area contributed by atoms with E-state index in [2.05, 4.69) is 6.08 Å². The molecule has 1 N–H and O–H groups in total. The summed E-state index contributed by atoms with van der Waals surface area (Å²) < 4.78 is 2.65. The number of carbonyl (C=O) groups is 4. The van der Waals surface area contributed by atoms with Crippen LogP contribution >= 0.6 is 22.9 Å². The van der Waals surface area contributed by atoms with Crippen molar-refractivity contribution in [3.63, 3.8) is 0 Å². The summed E-state index contributed by atoms with van der Waals surface area (Å²) >= 11 is 7.88. The molecule has 0 radical (unpaired) electrons. The summed E-state index contributed by atoms with van der Waals surface area (Å²) in [5.41, 5.74) is 2.88. The number of rotatable bonds is 5. The van der Waals surface area contributed by atoms with Crippen molar-refractivity contribution in [1.29, 1.82) is 0 Å². The summed E-state index contributed by atoms with van der Waals surface area (Å²) in [6.45, 7) is 8.01. The number of likely N-dealkylation sites (tertiary alicyclic amines) is 1. The fraction of sp³-hybridized carbons (Fsp3) is 0.395. The fourth-order valence-electron chi connectivity index (χ4n) is 9.20. The van der Waals surface area contributed by atoms with Crippen molar-refractivity contribution in [1.82, 2.24) is 14.7 Å². The van der Waals surface area contributed by atoms with Crippen LogP contribution in [0.5, 0.6) is 5.75 Å². The number of aromatic hydroxyl groups is 1. The second kappa shape index (κ2) is 11.1. The van der Waals surface area contributed by atoms with E-state index in [0.717, 1.165) is 31.7 Å². The summed E-state index contributed by atoms with van der Waals surface area (Å²) in [6, 6.07) is 12.9. The maximum atomic E-state index is 15.0. The zero-order valence-corrected chi connectivity index (χ0v) is 29.6. The Morgan fingerprint density at radius 2 is 1.80 bits per heavy atom. The van der Waals surface area contributed by atoms with E-state index in [0.29, 0.717) is 41.5 Å². The Labute approximate surface area is 293 Å². The molecule has 4 amide bonds. The lowest BCUT2D eigenvalue weighted by molar-refractivity contribution is -0.140. The minimum atomic E-state index is -1.18. The maximum absolute atomic E-state index is 15.0. The number of nitrogens with zero attached hydrogens (tertiary/aromatic N) is 4. The van der Waals surface area contributed by atoms with Gasteiger partial charge in [0.05, 0.1) is 28.0 Å². The van der Waals surface area contributed by atoms with Crippen LogP contribution in [-0.2, 0) is 26.2 Å². The number of anilines is 1. The number of amides is 4. The van der Waals surface area contributed by atoms with Gasteiger partial charge < -0.3 is 5.11 Å². The summed E-state index contributed by atoms with van der Waals surface area (Å²) in [5.74, 6) is -3.15. The second-order valence-electron chi connectivity index (χ2n) is 14.2. The zero-order chi connectivity index (χ0) is 34.7. The molecule has 2 saturated heterocycles. The minimum absolute atomic E-state index is 0.138. The molecule has 0 spiro atoms. The molecule has 9 nitrogen and oxygen atoms in total. The summed E-state index contributed by atoms with van der Waals surface area (Å²) in [5, 5.41) is 16.9. The molecule has 11 heteroatoms. The number of aromatic nitrogens is 2. The Hall–Kier alpha value is -4.28. The van der Waals surface area contributed by atoms with Crippen molar-refractivity contribution in [2.45, 2.75) is 52.9 Å². The Bertz CT molecular complexity index is 2170. The third-order valence-corrected chi connectivity index (χ3v) is 13.1. The van der Waals surface area contributed by atoms with Crippen LogP contribution < -0.4 is 4.90 Å². The average Bonchev–Trinajstić information content (AvgIpc) is 3.73. The number of allylic oxidation sites excluding steroid dienone is 2. The number of hydrogen-bond acceptors (Lipinski definition) is 7. The predicted molar refractivity (Wildman–Crippen MR) is 188 cm³/mol. The molecule has 2 aliphatic carbocycles. The average molecular weight is 697 g/mol. The number of aryl methyl sites for hydroxylation is 3. The fourth-order valence-corrected chi connectivity index (χ4v) is 10.5. The van der Waals surface area contributed by atoms with Gasteiger partial charge in [-0.3, -0.25) is 28.8 Å². The van der Waals surface area contributed by atoms with Crippen LogP contribution in [0.4, 0.5) is 5.82 Å². The number of carbonyl (C=O) groups excluding carboxylic acids is 4. The van der Waals surface area contributed by atoms with Crippen LogP contribution in [0.15, 0.2) is 54.1 Å². The Morgan fingerprint density at radius 3 is 2.53 bits per heavy atom. The van der Waals surface area contributed by atoms with E-state index in [1.54, 1.807) is 42.1 Å². The van der Waals surface area contributed by atoms with E-state index in [9.17, 15) is 24.3 Å². The van der Waals surface area contributed by atoms with Crippen molar-refractivity contribution >= 4 is 62.5 Å². The lowest BCUT2D eigenvalue weighted by Crippen LogP contribution is -2.49. The summed E-state index contributed by atoms with van der Waals surface area (Å²) in [4.78, 5) is 60.6. The lowest BCUT2D eigenvalue weighted by Gasteiger charge is -2.49. The molecular formula is C38H37ClN4O5S. The molecule has 6 atom stereocenters. The van der Waals surface area contributed by atoms with Gasteiger partial charge in [0.1, 0.15) is 17.3 Å². The molecule has 3 fully saturated rings. The molecule has 49 heavy (non-hydrogen) atoms. The van der Waals surface area contributed by atoms with Crippen LogP contribution in [0.25, 0.3) is 20.7 Å². The predicted octanol–water partition coefficient (Wildman–Crippen LogP) is 6.92. The largest absolute Gasteiger partial charge is 0.508 e. The van der Waals surface area contributed by atoms with Crippen molar-refractivity contribution in [2.75, 3.05) is 11.4 Å². The van der Waals surface area contributed by atoms with Crippen molar-refractivity contribution < 1.29 is 24.3 Å². The first-order valence-electron chi connectivity index (χ1n) is 16.8. The molecule has 2 aliphatic heterocycles. The lowest BCUT2D eigenvalue weighted by atomic mass is 9.51. The van der Waals surface area contributed by atoms with Crippen LogP contribution in [-0.4, -0.2) is 50.0 Å². The highest BCUT2D eigenvalue weighted by Crippen LogP contribution is 2.63. The van der Waals surface area contributed by atoms with E-state index in [1.165, 1.54) is 9.80 Å². The number of benzene rings is 2. The van der Waals surface area contributed by atoms with Gasteiger partial charge in [-0.1, -0.05) is 42.3 Å². The topological polar surface area (TPSA) is 113 Å². The van der Waals surface area contributed by atoms with E-state index < -0.39 is 29.1 Å². The van der Waals surface area contributed by atoms with Crippen LogP contribution in [0.3, 0.4) is 0 Å². The molecule has 6 unspecified atom stereocenters. The van der Waals surface area contributed by atoms with Crippen molar-refractivity contribution in [3.8, 4) is 16.3 Å². The Kier molecular flexibility index (Phi) is 7.25. The number of thiophene rings is 1. The first-order chi connectivity index (χ1) is 23.4. The normalized spacial score (nSPS) is 28.0. The van der Waals surface area contributed by atoms with Crippen molar-refractivity contribution in [3.05, 3.63) is 75.8 Å². The quantitative estimate of drug-likeness (QED) is 0.179. The molecule has 4 heterocycles. The van der Waals surface area contributed by atoms with Gasteiger partial charge in [-0.15, -0.1) is 11.3 Å². The van der Waals surface area contributed by atoms with E-state index >= 15 is 0 Å². The molecule has 8 rings (SSSR count). The van der Waals surface area contributed by atoms with Gasteiger partial charge in [-0.05, 0) is 92.3 Å². The molecular weight excluding hydrogens is 660 g/mol. The second-order valence-corrected chi connectivity index (χ2v) is 15.7. The van der Waals surface area contributed by atoms with E-state index in [4.69, 9.17) is 16.7 Å². The third-order valence-electron chi connectivity index (χ3n) is 11.6. The van der Waals surface area contributed by atoms with Gasteiger partial charge in [0.15, 0.2) is 0 Å². The zero-order valence-electron chi connectivity index (χ0n) is 28.0. The summed E-state index contributed by atoms with van der Waals surface area (Å²) in [7, 11) is 1.74. The van der Waals surface area contributed by atoms with E-state index in [1.807, 2.05) is 51.1 Å². The molecule has 4 aromatic rings. The van der Waals surface area contributed by atoms with Gasteiger partial charge in [-0.2, -0.15) is 5.10 Å². The molecule has 2 aromatic carbocycles. The van der Waals surface area contributed by atoms with Crippen LogP contribution in [0.2, 0.25) is 5.02 Å². The molecule has 2 aromatic heterocycles. The number of phenolic OH excluding ortho intramolecular Hbond substituents is 1. The number of halogens is 1. The number of phenols is 1. The Morgan fingerprint density at radius 1 is 1.02 bits per heavy atom. The third kappa shape index (κ3) is 4.39. The SMILES string of the molecule is CCCN1C(=O)C2CC=C3C(CC4C(=O)N(c5cc(-c6sc7ccc(Cl)cc7c6C)nn5C)C(=O)C4(C)C3c3ccc(O)c(C)c3)C2C1=O. The Balaban J connectivity index is 1.25. The first kappa shape index (κ1) is 32.0. The molecule has 252 valence electrons. The van der Waals surface area contributed by atoms with Gasteiger partial charge in [0.2, 0.25) is 23.6 Å². The number of imide groups is 2.